The number of rotatable bonds is 0. The quantitative estimate of drug-likeness (QED) is 0.676. The van der Waals surface area contributed by atoms with Crippen molar-refractivity contribution in [1.82, 2.24) is 0 Å². The fourth-order valence-corrected chi connectivity index (χ4v) is 4.07. The van der Waals surface area contributed by atoms with Gasteiger partial charge in [-0.05, 0) is 48.3 Å². The molecule has 2 rings (SSSR count). The van der Waals surface area contributed by atoms with E-state index < -0.39 is 0 Å². The Bertz CT molecular complexity index is 298. The molecule has 2 heteroatoms. The monoisotopic (exact) mass is 298 g/mol. The maximum Gasteiger partial charge on any atom is 0.0573 e. The predicted molar refractivity (Wildman–Crippen MR) is 90.2 cm³/mol. The molecule has 0 aromatic heterocycles. The molecule has 0 bridgehead atoms. The SMILES string of the molecule is CC(C)(C)C1CCCC1O.CC(C)(C)C1CCCCC1O. The van der Waals surface area contributed by atoms with E-state index in [2.05, 4.69) is 41.5 Å². The van der Waals surface area contributed by atoms with Gasteiger partial charge in [0.25, 0.3) is 0 Å². The highest BCUT2D eigenvalue weighted by Gasteiger charge is 2.34. The third-order valence-corrected chi connectivity index (χ3v) is 5.43. The molecule has 0 saturated heterocycles. The van der Waals surface area contributed by atoms with Gasteiger partial charge in [0.2, 0.25) is 0 Å². The molecule has 2 nitrogen and oxygen atoms in total. The van der Waals surface area contributed by atoms with Crippen LogP contribution in [0.4, 0.5) is 0 Å². The summed E-state index contributed by atoms with van der Waals surface area (Å²) < 4.78 is 0. The molecule has 0 radical (unpaired) electrons. The van der Waals surface area contributed by atoms with Crippen LogP contribution in [0.3, 0.4) is 0 Å². The van der Waals surface area contributed by atoms with E-state index in [0.29, 0.717) is 22.7 Å². The van der Waals surface area contributed by atoms with Gasteiger partial charge in [0.15, 0.2) is 0 Å². The van der Waals surface area contributed by atoms with Crippen molar-refractivity contribution in [1.29, 1.82) is 0 Å². The van der Waals surface area contributed by atoms with Crippen molar-refractivity contribution < 1.29 is 10.2 Å². The van der Waals surface area contributed by atoms with Gasteiger partial charge in [0.1, 0.15) is 0 Å². The van der Waals surface area contributed by atoms with Crippen molar-refractivity contribution in [2.24, 2.45) is 22.7 Å². The minimum Gasteiger partial charge on any atom is -0.393 e. The highest BCUT2D eigenvalue weighted by molar-refractivity contribution is 4.85. The highest BCUT2D eigenvalue weighted by Crippen LogP contribution is 2.39. The zero-order valence-electron chi connectivity index (χ0n) is 15.2. The maximum absolute atomic E-state index is 9.70. The summed E-state index contributed by atoms with van der Waals surface area (Å²) in [6, 6.07) is 0. The van der Waals surface area contributed by atoms with Gasteiger partial charge < -0.3 is 10.2 Å². The summed E-state index contributed by atoms with van der Waals surface area (Å²) in [7, 11) is 0. The molecule has 2 saturated carbocycles. The van der Waals surface area contributed by atoms with Gasteiger partial charge in [-0.1, -0.05) is 60.8 Å². The van der Waals surface area contributed by atoms with Crippen LogP contribution in [-0.2, 0) is 0 Å². The molecule has 2 aliphatic carbocycles. The zero-order chi connectivity index (χ0) is 16.3. The third kappa shape index (κ3) is 5.90. The molecule has 2 N–H and O–H groups in total. The summed E-state index contributed by atoms with van der Waals surface area (Å²) in [6.45, 7) is 13.3. The van der Waals surface area contributed by atoms with Gasteiger partial charge in [0.05, 0.1) is 12.2 Å². The molecule has 0 heterocycles. The molecule has 0 aromatic carbocycles. The first kappa shape index (κ1) is 19.0. The van der Waals surface area contributed by atoms with Gasteiger partial charge >= 0.3 is 0 Å². The van der Waals surface area contributed by atoms with Gasteiger partial charge in [-0.3, -0.25) is 0 Å². The van der Waals surface area contributed by atoms with Crippen LogP contribution >= 0.6 is 0 Å². The van der Waals surface area contributed by atoms with E-state index in [1.165, 1.54) is 32.1 Å². The molecule has 0 amide bonds. The van der Waals surface area contributed by atoms with Crippen LogP contribution in [0.25, 0.3) is 0 Å². The number of hydrogen-bond donors (Lipinski definition) is 2. The van der Waals surface area contributed by atoms with Crippen LogP contribution in [0.2, 0.25) is 0 Å². The second kappa shape index (κ2) is 7.46. The Labute approximate surface area is 132 Å². The minimum atomic E-state index is -0.0382. The fourth-order valence-electron chi connectivity index (χ4n) is 4.07. The van der Waals surface area contributed by atoms with Crippen LogP contribution in [0.15, 0.2) is 0 Å². The summed E-state index contributed by atoms with van der Waals surface area (Å²) in [5.74, 6) is 1.06. The summed E-state index contributed by atoms with van der Waals surface area (Å²) in [5.41, 5.74) is 0.593. The lowest BCUT2D eigenvalue weighted by Crippen LogP contribution is -2.34. The molecule has 0 aliphatic heterocycles. The average Bonchev–Trinajstić information content (AvgIpc) is 2.75. The second-order valence-electron chi connectivity index (χ2n) is 9.30. The first-order valence-electron chi connectivity index (χ1n) is 8.89. The molecule has 4 atom stereocenters. The maximum atomic E-state index is 9.70. The predicted octanol–water partition coefficient (Wildman–Crippen LogP) is 4.78. The molecular formula is C19H38O2. The zero-order valence-corrected chi connectivity index (χ0v) is 15.2. The topological polar surface area (TPSA) is 40.5 Å². The molecule has 2 fully saturated rings. The summed E-state index contributed by atoms with van der Waals surface area (Å²) in [6.07, 6.45) is 8.12. The second-order valence-corrected chi connectivity index (χ2v) is 9.30. The first-order valence-corrected chi connectivity index (χ1v) is 8.89. The van der Waals surface area contributed by atoms with E-state index in [1.807, 2.05) is 0 Å². The number of aliphatic hydroxyl groups excluding tert-OH is 2. The summed E-state index contributed by atoms with van der Waals surface area (Å²) >= 11 is 0. The molecule has 2 aliphatic rings. The Morgan fingerprint density at radius 1 is 0.571 bits per heavy atom. The van der Waals surface area contributed by atoms with Crippen molar-refractivity contribution in [3.8, 4) is 0 Å². The minimum absolute atomic E-state index is 0.0278. The van der Waals surface area contributed by atoms with Gasteiger partial charge in [-0.2, -0.15) is 0 Å². The van der Waals surface area contributed by atoms with E-state index in [0.717, 1.165) is 12.8 Å². The Morgan fingerprint density at radius 2 is 0.905 bits per heavy atom. The molecule has 0 aromatic rings. The van der Waals surface area contributed by atoms with Crippen molar-refractivity contribution in [2.75, 3.05) is 0 Å². The Balaban J connectivity index is 0.000000211. The fraction of sp³-hybridized carbons (Fsp3) is 1.00. The van der Waals surface area contributed by atoms with Crippen molar-refractivity contribution in [3.63, 3.8) is 0 Å². The van der Waals surface area contributed by atoms with E-state index in [4.69, 9.17) is 0 Å². The van der Waals surface area contributed by atoms with Crippen LogP contribution in [0.5, 0.6) is 0 Å². The van der Waals surface area contributed by atoms with Crippen molar-refractivity contribution in [2.45, 2.75) is 98.7 Å². The average molecular weight is 299 g/mol. The third-order valence-electron chi connectivity index (χ3n) is 5.43. The number of aliphatic hydroxyl groups is 2. The Hall–Kier alpha value is -0.0800. The van der Waals surface area contributed by atoms with E-state index in [1.54, 1.807) is 0 Å². The van der Waals surface area contributed by atoms with Crippen LogP contribution in [0, 0.1) is 22.7 Å². The lowest BCUT2D eigenvalue weighted by atomic mass is 9.71. The molecular weight excluding hydrogens is 260 g/mol. The normalized spacial score (nSPS) is 34.3. The van der Waals surface area contributed by atoms with Gasteiger partial charge in [0, 0.05) is 0 Å². The Morgan fingerprint density at radius 3 is 1.14 bits per heavy atom. The molecule has 21 heavy (non-hydrogen) atoms. The van der Waals surface area contributed by atoms with E-state index in [9.17, 15) is 10.2 Å². The van der Waals surface area contributed by atoms with Crippen molar-refractivity contribution in [3.05, 3.63) is 0 Å². The lowest BCUT2D eigenvalue weighted by molar-refractivity contribution is 0.0105. The molecule has 126 valence electrons. The van der Waals surface area contributed by atoms with E-state index in [-0.39, 0.29) is 12.2 Å². The molecule has 4 unspecified atom stereocenters. The molecule has 0 spiro atoms. The van der Waals surface area contributed by atoms with Gasteiger partial charge in [-0.15, -0.1) is 0 Å². The first-order chi connectivity index (χ1) is 9.53. The van der Waals surface area contributed by atoms with Crippen LogP contribution < -0.4 is 0 Å². The number of hydrogen-bond acceptors (Lipinski definition) is 2. The van der Waals surface area contributed by atoms with Crippen molar-refractivity contribution >= 4 is 0 Å². The Kier molecular flexibility index (Phi) is 6.74. The highest BCUT2D eigenvalue weighted by atomic mass is 16.3. The largest absolute Gasteiger partial charge is 0.393 e. The van der Waals surface area contributed by atoms with Gasteiger partial charge in [-0.25, -0.2) is 0 Å². The standard InChI is InChI=1S/C10H20O.C9H18O/c1-10(2,3)8-6-4-5-7-9(8)11;1-9(2,3)7-5-4-6-8(7)10/h8-9,11H,4-7H2,1-3H3;7-8,10H,4-6H2,1-3H3. The van der Waals surface area contributed by atoms with Crippen LogP contribution in [-0.4, -0.2) is 22.4 Å². The smallest absolute Gasteiger partial charge is 0.0573 e. The lowest BCUT2D eigenvalue weighted by Gasteiger charge is -2.37. The van der Waals surface area contributed by atoms with E-state index >= 15 is 0 Å². The van der Waals surface area contributed by atoms with Crippen LogP contribution in [0.1, 0.15) is 86.5 Å². The summed E-state index contributed by atoms with van der Waals surface area (Å²) in [5, 5.41) is 19.2. The summed E-state index contributed by atoms with van der Waals surface area (Å²) in [4.78, 5) is 0.